The zero-order valence-electron chi connectivity index (χ0n) is 20.1. The van der Waals surface area contributed by atoms with E-state index in [9.17, 15) is 18.8 Å². The summed E-state index contributed by atoms with van der Waals surface area (Å²) in [5, 5.41) is 8.94. The quantitative estimate of drug-likeness (QED) is 0.601. The van der Waals surface area contributed by atoms with Gasteiger partial charge >= 0.3 is 12.1 Å². The highest BCUT2D eigenvalue weighted by molar-refractivity contribution is 5.83. The van der Waals surface area contributed by atoms with Crippen LogP contribution in [0.15, 0.2) is 36.4 Å². The van der Waals surface area contributed by atoms with Crippen LogP contribution in [0.25, 0.3) is 0 Å². The van der Waals surface area contributed by atoms with Gasteiger partial charge < -0.3 is 14.7 Å². The second-order valence-electron chi connectivity index (χ2n) is 9.89. The van der Waals surface area contributed by atoms with E-state index in [4.69, 9.17) is 9.84 Å². The van der Waals surface area contributed by atoms with Crippen LogP contribution in [0.3, 0.4) is 0 Å². The van der Waals surface area contributed by atoms with Crippen molar-refractivity contribution in [3.05, 3.63) is 70.0 Å². The molecule has 6 nitrogen and oxygen atoms in total. The molecule has 1 N–H and O–H groups in total. The molecule has 0 spiro atoms. The van der Waals surface area contributed by atoms with Crippen LogP contribution in [-0.4, -0.2) is 40.5 Å². The number of aryl methyl sites for hydroxylation is 1. The molecule has 0 bridgehead atoms. The Bertz CT molecular complexity index is 1110. The average Bonchev–Trinajstić information content (AvgIpc) is 2.82. The number of Topliss-reactive ketones (excluding diaryl/α,β-unsaturated/α-hetero) is 1. The number of aliphatic carboxylic acids is 1. The van der Waals surface area contributed by atoms with Crippen molar-refractivity contribution in [2.45, 2.75) is 70.9 Å². The minimum Gasteiger partial charge on any atom is -0.481 e. The van der Waals surface area contributed by atoms with Gasteiger partial charge in [-0.05, 0) is 73.3 Å². The van der Waals surface area contributed by atoms with Gasteiger partial charge in [0, 0.05) is 32.4 Å². The second kappa shape index (κ2) is 11.0. The molecule has 2 aliphatic rings. The van der Waals surface area contributed by atoms with Gasteiger partial charge in [-0.1, -0.05) is 35.9 Å². The van der Waals surface area contributed by atoms with E-state index in [-0.39, 0.29) is 49.0 Å². The van der Waals surface area contributed by atoms with Gasteiger partial charge in [-0.25, -0.2) is 9.18 Å². The molecule has 4 rings (SSSR count). The molecule has 2 aromatic carbocycles. The molecule has 1 amide bonds. The van der Waals surface area contributed by atoms with Gasteiger partial charge in [0.1, 0.15) is 17.7 Å². The maximum atomic E-state index is 14.0. The Morgan fingerprint density at radius 3 is 2.54 bits per heavy atom. The Balaban J connectivity index is 1.28. The van der Waals surface area contributed by atoms with Gasteiger partial charge in [0.2, 0.25) is 0 Å². The van der Waals surface area contributed by atoms with Crippen molar-refractivity contribution in [3.63, 3.8) is 0 Å². The highest BCUT2D eigenvalue weighted by Crippen LogP contribution is 2.29. The average molecular weight is 482 g/mol. The summed E-state index contributed by atoms with van der Waals surface area (Å²) in [7, 11) is 0. The number of hydrogen-bond acceptors (Lipinski definition) is 4. The number of amides is 1. The van der Waals surface area contributed by atoms with Crippen LogP contribution in [0.4, 0.5) is 9.18 Å². The third-order valence-corrected chi connectivity index (χ3v) is 7.06. The first-order valence-electron chi connectivity index (χ1n) is 12.3. The van der Waals surface area contributed by atoms with Crippen LogP contribution in [0, 0.1) is 18.7 Å². The summed E-state index contributed by atoms with van der Waals surface area (Å²) in [6, 6.07) is 10.7. The molecule has 2 aromatic rings. The molecular weight excluding hydrogens is 449 g/mol. The first kappa shape index (κ1) is 24.9. The summed E-state index contributed by atoms with van der Waals surface area (Å²) < 4.78 is 19.7. The molecule has 1 aliphatic carbocycles. The van der Waals surface area contributed by atoms with Crippen molar-refractivity contribution in [2.75, 3.05) is 6.54 Å². The summed E-state index contributed by atoms with van der Waals surface area (Å²) in [4.78, 5) is 37.8. The number of carboxylic acid groups (broad SMARTS) is 1. The second-order valence-corrected chi connectivity index (χ2v) is 9.89. The van der Waals surface area contributed by atoms with Gasteiger partial charge in [-0.3, -0.25) is 9.59 Å². The molecule has 0 saturated heterocycles. The highest BCUT2D eigenvalue weighted by atomic mass is 19.1. The van der Waals surface area contributed by atoms with E-state index in [0.29, 0.717) is 37.9 Å². The predicted molar refractivity (Wildman–Crippen MR) is 129 cm³/mol. The zero-order valence-corrected chi connectivity index (χ0v) is 20.1. The molecule has 0 radical (unpaired) electrons. The fourth-order valence-electron chi connectivity index (χ4n) is 5.13. The van der Waals surface area contributed by atoms with E-state index in [1.165, 1.54) is 6.07 Å². The number of carbonyl (C=O) groups is 3. The van der Waals surface area contributed by atoms with Crippen LogP contribution in [0.2, 0.25) is 0 Å². The number of ketones is 1. The number of benzene rings is 2. The Kier molecular flexibility index (Phi) is 7.83. The normalized spacial score (nSPS) is 19.7. The SMILES string of the molecule is Cc1ccc(F)c(CC(=O)Cc2ccc3c(c2)CCN(C(=O)OC2CCC(CC(=O)O)CC2)C3)c1. The van der Waals surface area contributed by atoms with Crippen LogP contribution in [0.1, 0.15) is 59.9 Å². The maximum Gasteiger partial charge on any atom is 0.410 e. The van der Waals surface area contributed by atoms with Crippen molar-refractivity contribution in [1.29, 1.82) is 0 Å². The summed E-state index contributed by atoms with van der Waals surface area (Å²) >= 11 is 0. The molecule has 0 unspecified atom stereocenters. The van der Waals surface area contributed by atoms with Crippen LogP contribution >= 0.6 is 0 Å². The van der Waals surface area contributed by atoms with Gasteiger partial charge in [-0.15, -0.1) is 0 Å². The number of halogens is 1. The minimum absolute atomic E-state index is 0.0338. The molecule has 186 valence electrons. The largest absolute Gasteiger partial charge is 0.481 e. The number of nitrogens with zero attached hydrogens (tertiary/aromatic N) is 1. The van der Waals surface area contributed by atoms with Crippen molar-refractivity contribution >= 4 is 17.8 Å². The summed E-state index contributed by atoms with van der Waals surface area (Å²) in [5.41, 5.74) is 4.42. The summed E-state index contributed by atoms with van der Waals surface area (Å²) in [6.07, 6.45) is 3.66. The molecule has 7 heteroatoms. The van der Waals surface area contributed by atoms with E-state index in [1.807, 2.05) is 25.1 Å². The molecule has 1 saturated carbocycles. The first-order valence-corrected chi connectivity index (χ1v) is 12.3. The van der Waals surface area contributed by atoms with E-state index < -0.39 is 5.97 Å². The third kappa shape index (κ3) is 6.68. The van der Waals surface area contributed by atoms with Crippen LogP contribution in [-0.2, 0) is 40.1 Å². The monoisotopic (exact) mass is 481 g/mol. The van der Waals surface area contributed by atoms with Crippen molar-refractivity contribution in [1.82, 2.24) is 4.90 Å². The van der Waals surface area contributed by atoms with Gasteiger partial charge in [-0.2, -0.15) is 0 Å². The van der Waals surface area contributed by atoms with Crippen molar-refractivity contribution in [3.8, 4) is 0 Å². The van der Waals surface area contributed by atoms with E-state index in [1.54, 1.807) is 17.0 Å². The standard InChI is InChI=1S/C28H32FNO5/c1-18-2-9-26(29)23(12-18)16-24(31)14-20-3-6-22-17-30(11-10-21(22)13-20)28(34)35-25-7-4-19(5-8-25)15-27(32)33/h2-3,6,9,12-13,19,25H,4-5,7-8,10-11,14-17H2,1H3,(H,32,33). The summed E-state index contributed by atoms with van der Waals surface area (Å²) in [6.45, 7) is 2.89. The lowest BCUT2D eigenvalue weighted by atomic mass is 9.85. The lowest BCUT2D eigenvalue weighted by Crippen LogP contribution is -2.39. The Labute approximate surface area is 205 Å². The summed E-state index contributed by atoms with van der Waals surface area (Å²) in [5.74, 6) is -0.991. The minimum atomic E-state index is -0.773. The van der Waals surface area contributed by atoms with Gasteiger partial charge in [0.25, 0.3) is 0 Å². The fraction of sp³-hybridized carbons (Fsp3) is 0.464. The Morgan fingerprint density at radius 2 is 1.80 bits per heavy atom. The Morgan fingerprint density at radius 1 is 1.03 bits per heavy atom. The smallest absolute Gasteiger partial charge is 0.410 e. The highest BCUT2D eigenvalue weighted by Gasteiger charge is 2.28. The number of hydrogen-bond donors (Lipinski definition) is 1. The molecule has 1 heterocycles. The van der Waals surface area contributed by atoms with E-state index in [0.717, 1.165) is 35.1 Å². The van der Waals surface area contributed by atoms with Crippen LogP contribution < -0.4 is 0 Å². The molecule has 0 atom stereocenters. The molecule has 1 aliphatic heterocycles. The maximum absolute atomic E-state index is 14.0. The van der Waals surface area contributed by atoms with Gasteiger partial charge in [0.05, 0.1) is 0 Å². The molecular formula is C28H32FNO5. The number of rotatable bonds is 7. The van der Waals surface area contributed by atoms with E-state index in [2.05, 4.69) is 0 Å². The number of carboxylic acids is 1. The van der Waals surface area contributed by atoms with Crippen LogP contribution in [0.5, 0.6) is 0 Å². The lowest BCUT2D eigenvalue weighted by Gasteiger charge is -2.32. The first-order chi connectivity index (χ1) is 16.8. The molecule has 1 fully saturated rings. The van der Waals surface area contributed by atoms with E-state index >= 15 is 0 Å². The lowest BCUT2D eigenvalue weighted by molar-refractivity contribution is -0.138. The van der Waals surface area contributed by atoms with Gasteiger partial charge in [0.15, 0.2) is 0 Å². The zero-order chi connectivity index (χ0) is 24.9. The number of fused-ring (bicyclic) bond motifs is 1. The third-order valence-electron chi connectivity index (χ3n) is 7.06. The van der Waals surface area contributed by atoms with Crippen molar-refractivity contribution in [2.24, 2.45) is 5.92 Å². The fourth-order valence-corrected chi connectivity index (χ4v) is 5.13. The topological polar surface area (TPSA) is 83.9 Å². The number of carbonyl (C=O) groups excluding carboxylic acids is 2. The predicted octanol–water partition coefficient (Wildman–Crippen LogP) is 5.02. The molecule has 35 heavy (non-hydrogen) atoms. The molecule has 0 aromatic heterocycles. The number of ether oxygens (including phenoxy) is 1. The Hall–Kier alpha value is -3.22. The van der Waals surface area contributed by atoms with Crippen molar-refractivity contribution < 1.29 is 28.6 Å².